The maximum Gasteiger partial charge on any atom is 0.0359 e. The first-order valence-electron chi connectivity index (χ1n) is 6.25. The normalized spacial score (nSPS) is 15.8. The van der Waals surface area contributed by atoms with Crippen LogP contribution in [0, 0.1) is 5.92 Å². The molecule has 0 atom stereocenters. The van der Waals surface area contributed by atoms with Crippen LogP contribution >= 0.6 is 0 Å². The molecule has 0 aliphatic heterocycles. The number of aryl methyl sites for hydroxylation is 1. The van der Waals surface area contributed by atoms with Gasteiger partial charge in [0.15, 0.2) is 0 Å². The van der Waals surface area contributed by atoms with E-state index < -0.39 is 0 Å². The maximum atomic E-state index is 3.52. The lowest BCUT2D eigenvalue weighted by atomic mass is 10.2. The van der Waals surface area contributed by atoms with Crippen LogP contribution in [-0.4, -0.2) is 11.1 Å². The van der Waals surface area contributed by atoms with Gasteiger partial charge in [0.2, 0.25) is 0 Å². The first-order valence-corrected chi connectivity index (χ1v) is 6.25. The molecule has 2 nitrogen and oxygen atoms in total. The molecule has 1 saturated carbocycles. The van der Waals surface area contributed by atoms with Crippen molar-refractivity contribution in [2.24, 2.45) is 5.92 Å². The molecular formula is C13H22N2. The van der Waals surface area contributed by atoms with Gasteiger partial charge in [0.25, 0.3) is 0 Å². The van der Waals surface area contributed by atoms with Gasteiger partial charge >= 0.3 is 0 Å². The summed E-state index contributed by atoms with van der Waals surface area (Å²) in [5.41, 5.74) is 1.41. The van der Waals surface area contributed by atoms with E-state index in [9.17, 15) is 0 Å². The Balaban J connectivity index is 1.59. The number of rotatable bonds is 7. The van der Waals surface area contributed by atoms with E-state index >= 15 is 0 Å². The zero-order valence-electron chi connectivity index (χ0n) is 9.71. The molecule has 1 N–H and O–H groups in total. The zero-order valence-corrected chi connectivity index (χ0v) is 9.71. The molecule has 0 aromatic carbocycles. The summed E-state index contributed by atoms with van der Waals surface area (Å²) >= 11 is 0. The molecule has 1 aliphatic rings. The van der Waals surface area contributed by atoms with Crippen LogP contribution in [0.4, 0.5) is 0 Å². The SMILES string of the molecule is CCn1cccc1CNCCCC1CC1. The predicted octanol–water partition coefficient (Wildman–Crippen LogP) is 2.79. The highest BCUT2D eigenvalue weighted by atomic mass is 15.0. The fraction of sp³-hybridized carbons (Fsp3) is 0.692. The standard InChI is InChI=1S/C13H22N2/c1-2-15-10-4-6-13(15)11-14-9-3-5-12-7-8-12/h4,6,10,12,14H,2-3,5,7-9,11H2,1H3. The quantitative estimate of drug-likeness (QED) is 0.679. The number of nitrogens with zero attached hydrogens (tertiary/aromatic N) is 1. The molecule has 0 radical (unpaired) electrons. The second-order valence-electron chi connectivity index (χ2n) is 4.55. The first-order chi connectivity index (χ1) is 7.40. The minimum Gasteiger partial charge on any atom is -0.351 e. The van der Waals surface area contributed by atoms with Crippen LogP contribution in [-0.2, 0) is 13.1 Å². The Labute approximate surface area is 92.7 Å². The highest BCUT2D eigenvalue weighted by Gasteiger charge is 2.19. The Morgan fingerprint density at radius 3 is 3.07 bits per heavy atom. The second kappa shape index (κ2) is 5.36. The summed E-state index contributed by atoms with van der Waals surface area (Å²) in [5.74, 6) is 1.08. The highest BCUT2D eigenvalue weighted by molar-refractivity contribution is 5.06. The summed E-state index contributed by atoms with van der Waals surface area (Å²) < 4.78 is 2.30. The van der Waals surface area contributed by atoms with E-state index in [-0.39, 0.29) is 0 Å². The van der Waals surface area contributed by atoms with Gasteiger partial charge in [0.1, 0.15) is 0 Å². The van der Waals surface area contributed by atoms with Crippen molar-refractivity contribution in [2.75, 3.05) is 6.54 Å². The van der Waals surface area contributed by atoms with Gasteiger partial charge in [-0.05, 0) is 44.4 Å². The van der Waals surface area contributed by atoms with E-state index in [0.717, 1.165) is 19.0 Å². The zero-order chi connectivity index (χ0) is 10.5. The monoisotopic (exact) mass is 206 g/mol. The molecule has 15 heavy (non-hydrogen) atoms. The second-order valence-corrected chi connectivity index (χ2v) is 4.55. The first kappa shape index (κ1) is 10.7. The van der Waals surface area contributed by atoms with Crippen molar-refractivity contribution in [2.45, 2.75) is 45.7 Å². The molecule has 2 rings (SSSR count). The number of nitrogens with one attached hydrogen (secondary N) is 1. The molecule has 1 fully saturated rings. The minimum atomic E-state index is 1.02. The van der Waals surface area contributed by atoms with E-state index in [4.69, 9.17) is 0 Å². The van der Waals surface area contributed by atoms with Crippen molar-refractivity contribution >= 4 is 0 Å². The van der Waals surface area contributed by atoms with E-state index in [1.54, 1.807) is 0 Å². The van der Waals surface area contributed by atoms with Crippen LogP contribution in [0.5, 0.6) is 0 Å². The van der Waals surface area contributed by atoms with E-state index in [2.05, 4.69) is 35.1 Å². The van der Waals surface area contributed by atoms with Gasteiger partial charge in [-0.15, -0.1) is 0 Å². The van der Waals surface area contributed by atoms with Gasteiger partial charge in [-0.3, -0.25) is 0 Å². The minimum absolute atomic E-state index is 1.02. The van der Waals surface area contributed by atoms with Gasteiger partial charge in [-0.2, -0.15) is 0 Å². The summed E-state index contributed by atoms with van der Waals surface area (Å²) in [6.45, 7) is 5.46. The average Bonchev–Trinajstić information content (AvgIpc) is 2.96. The Morgan fingerprint density at radius 1 is 1.47 bits per heavy atom. The van der Waals surface area contributed by atoms with Crippen LogP contribution in [0.2, 0.25) is 0 Å². The Bertz CT molecular complexity index is 286. The third kappa shape index (κ3) is 3.38. The molecule has 84 valence electrons. The van der Waals surface area contributed by atoms with Gasteiger partial charge in [0, 0.05) is 25.0 Å². The number of hydrogen-bond donors (Lipinski definition) is 1. The van der Waals surface area contributed by atoms with Crippen molar-refractivity contribution in [3.8, 4) is 0 Å². The predicted molar refractivity (Wildman–Crippen MR) is 63.8 cm³/mol. The Hall–Kier alpha value is -0.760. The van der Waals surface area contributed by atoms with Crippen LogP contribution in [0.1, 0.15) is 38.3 Å². The molecule has 0 amide bonds. The molecule has 2 heteroatoms. The van der Waals surface area contributed by atoms with Gasteiger partial charge < -0.3 is 9.88 Å². The lowest BCUT2D eigenvalue weighted by Gasteiger charge is -2.07. The molecule has 1 aromatic heterocycles. The fourth-order valence-corrected chi connectivity index (χ4v) is 2.06. The highest BCUT2D eigenvalue weighted by Crippen LogP contribution is 2.33. The third-order valence-corrected chi connectivity index (χ3v) is 3.23. The van der Waals surface area contributed by atoms with Gasteiger partial charge in [0.05, 0.1) is 0 Å². The summed E-state index contributed by atoms with van der Waals surface area (Å²) in [6, 6.07) is 4.34. The van der Waals surface area contributed by atoms with Crippen LogP contribution in [0.3, 0.4) is 0 Å². The molecular weight excluding hydrogens is 184 g/mol. The van der Waals surface area contributed by atoms with Crippen molar-refractivity contribution in [1.29, 1.82) is 0 Å². The van der Waals surface area contributed by atoms with E-state index in [0.29, 0.717) is 0 Å². The van der Waals surface area contributed by atoms with Gasteiger partial charge in [-0.25, -0.2) is 0 Å². The van der Waals surface area contributed by atoms with Gasteiger partial charge in [-0.1, -0.05) is 12.8 Å². The summed E-state index contributed by atoms with van der Waals surface area (Å²) in [6.07, 6.45) is 7.90. The molecule has 1 aliphatic carbocycles. The smallest absolute Gasteiger partial charge is 0.0359 e. The summed E-state index contributed by atoms with van der Waals surface area (Å²) in [5, 5.41) is 3.52. The third-order valence-electron chi connectivity index (χ3n) is 3.23. The Morgan fingerprint density at radius 2 is 2.33 bits per heavy atom. The number of aromatic nitrogens is 1. The van der Waals surface area contributed by atoms with Crippen LogP contribution in [0.15, 0.2) is 18.3 Å². The molecule has 0 saturated heterocycles. The average molecular weight is 206 g/mol. The topological polar surface area (TPSA) is 17.0 Å². The summed E-state index contributed by atoms with van der Waals surface area (Å²) in [7, 11) is 0. The lowest BCUT2D eigenvalue weighted by Crippen LogP contribution is -2.17. The lowest BCUT2D eigenvalue weighted by molar-refractivity contribution is 0.575. The van der Waals surface area contributed by atoms with Crippen molar-refractivity contribution in [3.63, 3.8) is 0 Å². The van der Waals surface area contributed by atoms with E-state index in [1.165, 1.54) is 37.9 Å². The van der Waals surface area contributed by atoms with Crippen LogP contribution < -0.4 is 5.32 Å². The maximum absolute atomic E-state index is 3.52. The molecule has 0 spiro atoms. The largest absolute Gasteiger partial charge is 0.351 e. The van der Waals surface area contributed by atoms with Crippen LogP contribution in [0.25, 0.3) is 0 Å². The molecule has 0 bridgehead atoms. The molecule has 0 unspecified atom stereocenters. The Kier molecular flexibility index (Phi) is 3.84. The number of hydrogen-bond acceptors (Lipinski definition) is 1. The van der Waals surface area contributed by atoms with Crippen molar-refractivity contribution in [3.05, 3.63) is 24.0 Å². The summed E-state index contributed by atoms with van der Waals surface area (Å²) in [4.78, 5) is 0. The fourth-order valence-electron chi connectivity index (χ4n) is 2.06. The molecule has 1 heterocycles. The molecule has 1 aromatic rings. The van der Waals surface area contributed by atoms with E-state index in [1.807, 2.05) is 0 Å². The van der Waals surface area contributed by atoms with Crippen molar-refractivity contribution < 1.29 is 0 Å². The van der Waals surface area contributed by atoms with Crippen molar-refractivity contribution in [1.82, 2.24) is 9.88 Å².